The number of fused-ring (bicyclic) bond motifs is 1. The Kier molecular flexibility index (Phi) is 9.28. The van der Waals surface area contributed by atoms with Crippen molar-refractivity contribution < 1.29 is 19.4 Å². The lowest BCUT2D eigenvalue weighted by Crippen LogP contribution is -2.63. The van der Waals surface area contributed by atoms with Gasteiger partial charge < -0.3 is 20.9 Å². The molecule has 0 aliphatic carbocycles. The van der Waals surface area contributed by atoms with Gasteiger partial charge in [-0.1, -0.05) is 49.4 Å². The Labute approximate surface area is 237 Å². The summed E-state index contributed by atoms with van der Waals surface area (Å²) in [5.41, 5.74) is 7.23. The third-order valence-corrected chi connectivity index (χ3v) is 7.92. The Morgan fingerprint density at radius 3 is 2.55 bits per heavy atom. The van der Waals surface area contributed by atoms with E-state index in [2.05, 4.69) is 29.3 Å². The molecular weight excluding hydrogens is 506 g/mol. The van der Waals surface area contributed by atoms with E-state index in [0.717, 1.165) is 29.8 Å². The number of amides is 2. The number of hydrogen-bond donors (Lipinski definition) is 3. The molecule has 2 aliphatic rings. The smallest absolute Gasteiger partial charge is 0.256 e. The van der Waals surface area contributed by atoms with Crippen molar-refractivity contribution in [1.29, 1.82) is 0 Å². The van der Waals surface area contributed by atoms with E-state index in [4.69, 9.17) is 15.6 Å². The van der Waals surface area contributed by atoms with E-state index in [1.165, 1.54) is 0 Å². The molecular formula is C31H43N5O4. The van der Waals surface area contributed by atoms with E-state index in [0.29, 0.717) is 32.5 Å². The summed E-state index contributed by atoms with van der Waals surface area (Å²) in [5.74, 6) is -0.0411. The van der Waals surface area contributed by atoms with Crippen LogP contribution in [0, 0.1) is 5.41 Å². The van der Waals surface area contributed by atoms with Gasteiger partial charge in [0.05, 0.1) is 30.5 Å². The molecule has 2 aromatic carbocycles. The number of phenols is 1. The molecule has 4 rings (SSSR count). The van der Waals surface area contributed by atoms with Crippen molar-refractivity contribution in [1.82, 2.24) is 15.2 Å². The number of phenolic OH excluding ortho intramolecular Hbond substituents is 1. The minimum atomic E-state index is -1.05. The van der Waals surface area contributed by atoms with Crippen LogP contribution >= 0.6 is 0 Å². The second-order valence-corrected chi connectivity index (χ2v) is 11.5. The highest BCUT2D eigenvalue weighted by Gasteiger charge is 2.54. The lowest BCUT2D eigenvalue weighted by atomic mass is 9.72. The van der Waals surface area contributed by atoms with Crippen LogP contribution in [0.1, 0.15) is 51.7 Å². The van der Waals surface area contributed by atoms with Gasteiger partial charge in [0, 0.05) is 32.1 Å². The fourth-order valence-electron chi connectivity index (χ4n) is 5.81. The molecule has 3 atom stereocenters. The van der Waals surface area contributed by atoms with E-state index in [-0.39, 0.29) is 36.3 Å². The Hall–Kier alpha value is -3.27. The zero-order valence-electron chi connectivity index (χ0n) is 24.1. The van der Waals surface area contributed by atoms with E-state index in [1.54, 1.807) is 37.1 Å². The first-order chi connectivity index (χ1) is 19.1. The molecule has 1 fully saturated rings. The number of hydrogen-bond acceptors (Lipinski definition) is 7. The molecule has 0 aromatic heterocycles. The maximum atomic E-state index is 13.8. The van der Waals surface area contributed by atoms with Crippen LogP contribution in [0.25, 0.3) is 0 Å². The van der Waals surface area contributed by atoms with Crippen LogP contribution in [0.2, 0.25) is 0 Å². The number of carbonyl (C=O) groups is 2. The molecule has 4 N–H and O–H groups in total. The van der Waals surface area contributed by atoms with Gasteiger partial charge in [0.2, 0.25) is 5.91 Å². The number of nitrogens with zero attached hydrogens (tertiary/aromatic N) is 3. The Balaban J connectivity index is 1.59. The standard InChI is InChI=1S/C31H43N5O4/c1-5-26(25(33-28(38)30(3,4)32)20-40-19-23-13-10-14-24(37)17-23)35-16-15-27-31(21-35,29(39)36(6-2)34-27)18-22-11-8-7-9-12-22/h7-14,17,25-26,37H,5-6,15-16,18-21,32H2,1-4H3,(H,33,38)/t25-,26?,31-/m0/s1. The highest BCUT2D eigenvalue weighted by atomic mass is 16.5. The fourth-order valence-corrected chi connectivity index (χ4v) is 5.81. The van der Waals surface area contributed by atoms with Gasteiger partial charge in [0.1, 0.15) is 11.2 Å². The molecule has 2 aliphatic heterocycles. The highest BCUT2D eigenvalue weighted by Crippen LogP contribution is 2.39. The fraction of sp³-hybridized carbons (Fsp3) is 0.516. The van der Waals surface area contributed by atoms with Gasteiger partial charge >= 0.3 is 0 Å². The average Bonchev–Trinajstić information content (AvgIpc) is 3.19. The summed E-state index contributed by atoms with van der Waals surface area (Å²) >= 11 is 0. The van der Waals surface area contributed by atoms with Gasteiger partial charge in [-0.3, -0.25) is 14.5 Å². The lowest BCUT2D eigenvalue weighted by molar-refractivity contribution is -0.138. The van der Waals surface area contributed by atoms with Crippen LogP contribution in [0.3, 0.4) is 0 Å². The number of likely N-dealkylation sites (tertiary alicyclic amines) is 1. The van der Waals surface area contributed by atoms with Crippen molar-refractivity contribution in [3.63, 3.8) is 0 Å². The number of ether oxygens (including phenoxy) is 1. The number of hydrazone groups is 1. The van der Waals surface area contributed by atoms with Gasteiger partial charge in [-0.15, -0.1) is 0 Å². The second kappa shape index (κ2) is 12.5. The van der Waals surface area contributed by atoms with Crippen LogP contribution in [0.5, 0.6) is 5.75 Å². The molecule has 1 unspecified atom stereocenters. The van der Waals surface area contributed by atoms with E-state index in [9.17, 15) is 14.7 Å². The zero-order chi connectivity index (χ0) is 28.9. The van der Waals surface area contributed by atoms with Crippen LogP contribution in [-0.4, -0.2) is 76.4 Å². The predicted molar refractivity (Wildman–Crippen MR) is 156 cm³/mol. The molecule has 216 valence electrons. The van der Waals surface area contributed by atoms with E-state index >= 15 is 0 Å². The van der Waals surface area contributed by atoms with Crippen molar-refractivity contribution in [2.45, 2.75) is 71.2 Å². The number of nitrogens with two attached hydrogens (primary N) is 1. The van der Waals surface area contributed by atoms with Gasteiger partial charge in [0.15, 0.2) is 0 Å². The van der Waals surface area contributed by atoms with Crippen LogP contribution in [-0.2, 0) is 27.4 Å². The maximum absolute atomic E-state index is 13.8. The third-order valence-electron chi connectivity index (χ3n) is 7.92. The molecule has 9 heteroatoms. The highest BCUT2D eigenvalue weighted by molar-refractivity contribution is 6.13. The van der Waals surface area contributed by atoms with Crippen molar-refractivity contribution in [2.24, 2.45) is 16.3 Å². The molecule has 0 bridgehead atoms. The molecule has 2 heterocycles. The molecule has 0 radical (unpaired) electrons. The largest absolute Gasteiger partial charge is 0.508 e. The monoisotopic (exact) mass is 549 g/mol. The van der Waals surface area contributed by atoms with Gasteiger partial charge in [-0.25, -0.2) is 5.01 Å². The second-order valence-electron chi connectivity index (χ2n) is 11.5. The number of nitrogens with one attached hydrogen (secondary N) is 1. The molecule has 40 heavy (non-hydrogen) atoms. The summed E-state index contributed by atoms with van der Waals surface area (Å²) in [6.45, 7) is 9.73. The Morgan fingerprint density at radius 1 is 1.18 bits per heavy atom. The Morgan fingerprint density at radius 2 is 1.90 bits per heavy atom. The van der Waals surface area contributed by atoms with Crippen LogP contribution in [0.15, 0.2) is 59.7 Å². The average molecular weight is 550 g/mol. The van der Waals surface area contributed by atoms with Gasteiger partial charge in [0.25, 0.3) is 5.91 Å². The third kappa shape index (κ3) is 6.54. The Bertz CT molecular complexity index is 1210. The van der Waals surface area contributed by atoms with Crippen molar-refractivity contribution in [3.8, 4) is 5.75 Å². The van der Waals surface area contributed by atoms with Gasteiger partial charge in [-0.05, 0) is 56.9 Å². The quantitative estimate of drug-likeness (QED) is 0.374. The first kappa shape index (κ1) is 29.7. The van der Waals surface area contributed by atoms with Gasteiger partial charge in [-0.2, -0.15) is 5.10 Å². The van der Waals surface area contributed by atoms with Crippen LogP contribution < -0.4 is 11.1 Å². The topological polar surface area (TPSA) is 120 Å². The van der Waals surface area contributed by atoms with Crippen LogP contribution in [0.4, 0.5) is 0 Å². The molecule has 0 spiro atoms. The van der Waals surface area contributed by atoms with Crippen molar-refractivity contribution >= 4 is 17.5 Å². The number of benzene rings is 2. The maximum Gasteiger partial charge on any atom is 0.256 e. The molecule has 2 amide bonds. The molecule has 1 saturated heterocycles. The number of aromatic hydroxyl groups is 1. The normalized spacial score (nSPS) is 21.1. The molecule has 0 saturated carbocycles. The number of piperidine rings is 1. The summed E-state index contributed by atoms with van der Waals surface area (Å²) in [6.07, 6.45) is 2.00. The summed E-state index contributed by atoms with van der Waals surface area (Å²) in [4.78, 5) is 29.2. The SMILES string of the molecule is CCC([C@H](COCc1cccc(O)c1)NC(=O)C(C)(C)N)N1CCC2=NN(CC)C(=O)[C@@]2(Cc2ccccc2)C1. The number of rotatable bonds is 12. The predicted octanol–water partition coefficient (Wildman–Crippen LogP) is 3.06. The zero-order valence-corrected chi connectivity index (χ0v) is 24.1. The minimum absolute atomic E-state index is 0.0391. The van der Waals surface area contributed by atoms with Crippen molar-refractivity contribution in [3.05, 3.63) is 65.7 Å². The number of carbonyl (C=O) groups excluding carboxylic acids is 2. The van der Waals surface area contributed by atoms with E-state index < -0.39 is 11.0 Å². The van der Waals surface area contributed by atoms with Crippen molar-refractivity contribution in [2.75, 3.05) is 26.2 Å². The summed E-state index contributed by atoms with van der Waals surface area (Å²) in [6, 6.07) is 16.6. The summed E-state index contributed by atoms with van der Waals surface area (Å²) < 4.78 is 6.09. The molecule has 9 nitrogen and oxygen atoms in total. The lowest BCUT2D eigenvalue weighted by Gasteiger charge is -2.45. The first-order valence-electron chi connectivity index (χ1n) is 14.2. The molecule has 2 aromatic rings. The summed E-state index contributed by atoms with van der Waals surface area (Å²) in [5, 5.41) is 19.3. The minimum Gasteiger partial charge on any atom is -0.508 e. The summed E-state index contributed by atoms with van der Waals surface area (Å²) in [7, 11) is 0. The van der Waals surface area contributed by atoms with E-state index in [1.807, 2.05) is 31.2 Å². The first-order valence-corrected chi connectivity index (χ1v) is 14.2.